The van der Waals surface area contributed by atoms with Gasteiger partial charge < -0.3 is 10.1 Å². The van der Waals surface area contributed by atoms with Gasteiger partial charge in [-0.2, -0.15) is 0 Å². The van der Waals surface area contributed by atoms with Crippen molar-refractivity contribution in [2.45, 2.75) is 20.3 Å². The zero-order valence-electron chi connectivity index (χ0n) is 15.0. The third-order valence-corrected chi connectivity index (χ3v) is 3.99. The molecule has 2 rings (SSSR count). The van der Waals surface area contributed by atoms with Crippen LogP contribution < -0.4 is 20.9 Å². The molecule has 2 aromatic carbocycles. The van der Waals surface area contributed by atoms with E-state index in [1.165, 1.54) is 7.11 Å². The number of hydrogen-bond acceptors (Lipinski definition) is 4. The highest BCUT2D eigenvalue weighted by molar-refractivity contribution is 6.30. The number of halogens is 1. The third-order valence-electron chi connectivity index (χ3n) is 3.76. The highest BCUT2D eigenvalue weighted by Crippen LogP contribution is 2.22. The SMILES string of the molecule is COc1ccc(Cl)cc1CC(=O)NNC(=O)CNc1ccc(C)cc1C. The first-order valence-electron chi connectivity index (χ1n) is 8.10. The minimum absolute atomic E-state index is 0.0362. The molecule has 0 aliphatic rings. The third kappa shape index (κ3) is 5.67. The molecule has 0 heterocycles. The summed E-state index contributed by atoms with van der Waals surface area (Å²) in [6.45, 7) is 4.02. The van der Waals surface area contributed by atoms with Gasteiger partial charge in [0.05, 0.1) is 20.1 Å². The monoisotopic (exact) mass is 375 g/mol. The molecular formula is C19H22ClN3O3. The summed E-state index contributed by atoms with van der Waals surface area (Å²) in [4.78, 5) is 23.9. The van der Waals surface area contributed by atoms with Crippen molar-refractivity contribution in [2.24, 2.45) is 0 Å². The first-order valence-corrected chi connectivity index (χ1v) is 8.48. The van der Waals surface area contributed by atoms with Crippen LogP contribution in [0.5, 0.6) is 5.75 Å². The van der Waals surface area contributed by atoms with Crippen molar-refractivity contribution in [3.8, 4) is 5.75 Å². The number of anilines is 1. The number of aryl methyl sites for hydroxylation is 2. The van der Waals surface area contributed by atoms with Gasteiger partial charge in [-0.15, -0.1) is 0 Å². The van der Waals surface area contributed by atoms with Crippen molar-refractivity contribution in [2.75, 3.05) is 19.0 Å². The van der Waals surface area contributed by atoms with Gasteiger partial charge >= 0.3 is 0 Å². The van der Waals surface area contributed by atoms with Crippen LogP contribution in [0.15, 0.2) is 36.4 Å². The predicted molar refractivity (Wildman–Crippen MR) is 102 cm³/mol. The van der Waals surface area contributed by atoms with E-state index in [2.05, 4.69) is 16.2 Å². The van der Waals surface area contributed by atoms with Crippen molar-refractivity contribution < 1.29 is 14.3 Å². The topological polar surface area (TPSA) is 79.5 Å². The molecule has 0 fully saturated rings. The van der Waals surface area contributed by atoms with Crippen LogP contribution in [0.2, 0.25) is 5.02 Å². The van der Waals surface area contributed by atoms with Crippen LogP contribution in [-0.4, -0.2) is 25.5 Å². The Morgan fingerprint density at radius 3 is 2.46 bits per heavy atom. The summed E-state index contributed by atoms with van der Waals surface area (Å²) in [6, 6.07) is 10.9. The van der Waals surface area contributed by atoms with Crippen molar-refractivity contribution in [1.29, 1.82) is 0 Å². The van der Waals surface area contributed by atoms with Gasteiger partial charge in [0.25, 0.3) is 5.91 Å². The smallest absolute Gasteiger partial charge is 0.257 e. The Labute approximate surface area is 157 Å². The number of hydrogen-bond donors (Lipinski definition) is 3. The van der Waals surface area contributed by atoms with Crippen molar-refractivity contribution in [3.05, 3.63) is 58.1 Å². The first-order chi connectivity index (χ1) is 12.4. The van der Waals surface area contributed by atoms with Crippen LogP contribution in [0, 0.1) is 13.8 Å². The summed E-state index contributed by atoms with van der Waals surface area (Å²) in [7, 11) is 1.52. The van der Waals surface area contributed by atoms with E-state index < -0.39 is 0 Å². The quantitative estimate of drug-likeness (QED) is 0.678. The maximum absolute atomic E-state index is 12.0. The zero-order valence-corrected chi connectivity index (χ0v) is 15.7. The fourth-order valence-electron chi connectivity index (χ4n) is 2.47. The largest absolute Gasteiger partial charge is 0.496 e. The Hall–Kier alpha value is -2.73. The number of carbonyl (C=O) groups excluding carboxylic acids is 2. The molecule has 0 radical (unpaired) electrons. The summed E-state index contributed by atoms with van der Waals surface area (Å²) in [5.41, 5.74) is 8.49. The molecule has 7 heteroatoms. The molecule has 0 aliphatic carbocycles. The second-order valence-corrected chi connectivity index (χ2v) is 6.34. The zero-order chi connectivity index (χ0) is 19.1. The Morgan fingerprint density at radius 2 is 1.77 bits per heavy atom. The second-order valence-electron chi connectivity index (χ2n) is 5.90. The average molecular weight is 376 g/mol. The predicted octanol–water partition coefficient (Wildman–Crippen LogP) is 2.77. The molecule has 0 atom stereocenters. The van der Waals surface area contributed by atoms with Crippen LogP contribution in [0.3, 0.4) is 0 Å². The lowest BCUT2D eigenvalue weighted by Crippen LogP contribution is -2.44. The Balaban J connectivity index is 1.81. The van der Waals surface area contributed by atoms with Gasteiger partial charge in [0, 0.05) is 16.3 Å². The van der Waals surface area contributed by atoms with Crippen molar-refractivity contribution in [1.82, 2.24) is 10.9 Å². The molecule has 6 nitrogen and oxygen atoms in total. The molecule has 0 unspecified atom stereocenters. The lowest BCUT2D eigenvalue weighted by Gasteiger charge is -2.12. The highest BCUT2D eigenvalue weighted by atomic mass is 35.5. The maximum Gasteiger partial charge on any atom is 0.257 e. The van der Waals surface area contributed by atoms with Crippen molar-refractivity contribution >= 4 is 29.1 Å². The number of benzene rings is 2. The second kappa shape index (κ2) is 9.10. The van der Waals surface area contributed by atoms with Crippen LogP contribution in [0.25, 0.3) is 0 Å². The van der Waals surface area contributed by atoms with E-state index in [1.807, 2.05) is 32.0 Å². The number of nitrogens with one attached hydrogen (secondary N) is 3. The van der Waals surface area contributed by atoms with Crippen LogP contribution >= 0.6 is 11.6 Å². The van der Waals surface area contributed by atoms with Gasteiger partial charge in [-0.3, -0.25) is 20.4 Å². The van der Waals surface area contributed by atoms with Crippen LogP contribution in [0.1, 0.15) is 16.7 Å². The molecule has 0 aromatic heterocycles. The fraction of sp³-hybridized carbons (Fsp3) is 0.263. The van der Waals surface area contributed by atoms with E-state index >= 15 is 0 Å². The van der Waals surface area contributed by atoms with Gasteiger partial charge in [-0.1, -0.05) is 29.3 Å². The molecule has 0 saturated heterocycles. The van der Waals surface area contributed by atoms with Crippen LogP contribution in [-0.2, 0) is 16.0 Å². The first kappa shape index (κ1) is 19.6. The number of hydrazine groups is 1. The van der Waals surface area contributed by atoms with E-state index in [0.717, 1.165) is 16.8 Å². The van der Waals surface area contributed by atoms with E-state index in [0.29, 0.717) is 16.3 Å². The summed E-state index contributed by atoms with van der Waals surface area (Å²) in [5.74, 6) is -0.158. The number of carbonyl (C=O) groups is 2. The van der Waals surface area contributed by atoms with Crippen LogP contribution in [0.4, 0.5) is 5.69 Å². The molecule has 0 saturated carbocycles. The van der Waals surface area contributed by atoms with E-state index in [-0.39, 0.29) is 24.8 Å². The van der Waals surface area contributed by atoms with E-state index in [1.54, 1.807) is 18.2 Å². The minimum atomic E-state index is -0.370. The Morgan fingerprint density at radius 1 is 1.04 bits per heavy atom. The molecule has 26 heavy (non-hydrogen) atoms. The molecule has 2 aromatic rings. The lowest BCUT2D eigenvalue weighted by molar-refractivity contribution is -0.127. The Bertz CT molecular complexity index is 809. The highest BCUT2D eigenvalue weighted by Gasteiger charge is 2.11. The van der Waals surface area contributed by atoms with Gasteiger partial charge in [0.1, 0.15) is 5.75 Å². The van der Waals surface area contributed by atoms with E-state index in [4.69, 9.17) is 16.3 Å². The van der Waals surface area contributed by atoms with Gasteiger partial charge in [-0.25, -0.2) is 0 Å². The molecule has 0 bridgehead atoms. The summed E-state index contributed by atoms with van der Waals surface area (Å²) >= 11 is 5.94. The average Bonchev–Trinajstić information content (AvgIpc) is 2.59. The standard InChI is InChI=1S/C19H22ClN3O3/c1-12-4-6-16(13(2)8-12)21-11-19(25)23-22-18(24)10-14-9-15(20)5-7-17(14)26-3/h4-9,21H,10-11H2,1-3H3,(H,22,24)(H,23,25). The minimum Gasteiger partial charge on any atom is -0.496 e. The molecule has 0 aliphatic heterocycles. The maximum atomic E-state index is 12.0. The number of methoxy groups -OCH3 is 1. The normalized spacial score (nSPS) is 10.2. The molecule has 0 spiro atoms. The Kier molecular flexibility index (Phi) is 6.86. The summed E-state index contributed by atoms with van der Waals surface area (Å²) in [6.07, 6.45) is 0.0362. The summed E-state index contributed by atoms with van der Waals surface area (Å²) < 4.78 is 5.20. The molecule has 3 N–H and O–H groups in total. The molecular weight excluding hydrogens is 354 g/mol. The summed E-state index contributed by atoms with van der Waals surface area (Å²) in [5, 5.41) is 3.55. The van der Waals surface area contributed by atoms with Crippen molar-refractivity contribution in [3.63, 3.8) is 0 Å². The fourth-order valence-corrected chi connectivity index (χ4v) is 2.67. The molecule has 2 amide bonds. The number of rotatable bonds is 6. The van der Waals surface area contributed by atoms with Gasteiger partial charge in [0.2, 0.25) is 5.91 Å². The number of ether oxygens (including phenoxy) is 1. The van der Waals surface area contributed by atoms with E-state index in [9.17, 15) is 9.59 Å². The van der Waals surface area contributed by atoms with Gasteiger partial charge in [-0.05, 0) is 43.7 Å². The van der Waals surface area contributed by atoms with Gasteiger partial charge in [0.15, 0.2) is 0 Å². The molecule has 138 valence electrons. The number of amides is 2. The lowest BCUT2D eigenvalue weighted by atomic mass is 10.1.